The second-order valence-electron chi connectivity index (χ2n) is 5.21. The molecule has 1 amide bonds. The van der Waals surface area contributed by atoms with Crippen LogP contribution in [0.25, 0.3) is 0 Å². The molecular formula is C14H23N3OS. The lowest BCUT2D eigenvalue weighted by molar-refractivity contribution is -0.120. The molecule has 1 saturated heterocycles. The van der Waals surface area contributed by atoms with E-state index in [-0.39, 0.29) is 5.91 Å². The van der Waals surface area contributed by atoms with Gasteiger partial charge in [0.1, 0.15) is 0 Å². The molecule has 1 atom stereocenters. The fraction of sp³-hybridized carbons (Fsp3) is 0.643. The molecule has 0 spiro atoms. The van der Waals surface area contributed by atoms with Crippen LogP contribution in [0.4, 0.5) is 0 Å². The number of likely N-dealkylation sites (tertiary alicyclic amines) is 1. The van der Waals surface area contributed by atoms with Gasteiger partial charge in [-0.3, -0.25) is 9.69 Å². The molecule has 4 nitrogen and oxygen atoms in total. The van der Waals surface area contributed by atoms with Gasteiger partial charge in [0, 0.05) is 42.4 Å². The molecule has 0 bridgehead atoms. The van der Waals surface area contributed by atoms with Crippen LogP contribution in [0.1, 0.15) is 35.6 Å². The van der Waals surface area contributed by atoms with Crippen LogP contribution in [-0.4, -0.2) is 36.5 Å². The van der Waals surface area contributed by atoms with Crippen molar-refractivity contribution >= 4 is 17.2 Å². The highest BCUT2D eigenvalue weighted by Gasteiger charge is 2.26. The van der Waals surface area contributed by atoms with Crippen LogP contribution in [0.5, 0.6) is 0 Å². The first kappa shape index (κ1) is 14.5. The standard InChI is InChI=1S/C14H23N3OS/c1-10-3-4-14(19-10)13(9-15)17-7-5-12(6-8-17)16-11(2)18/h3-4,12-13H,5-9,15H2,1-2H3,(H,16,18). The fourth-order valence-electron chi connectivity index (χ4n) is 2.72. The summed E-state index contributed by atoms with van der Waals surface area (Å²) in [4.78, 5) is 16.2. The van der Waals surface area contributed by atoms with Crippen molar-refractivity contribution in [2.24, 2.45) is 5.73 Å². The summed E-state index contributed by atoms with van der Waals surface area (Å²) in [5.41, 5.74) is 5.96. The van der Waals surface area contributed by atoms with E-state index in [2.05, 4.69) is 29.3 Å². The lowest BCUT2D eigenvalue weighted by atomic mass is 10.0. The molecule has 19 heavy (non-hydrogen) atoms. The molecule has 5 heteroatoms. The topological polar surface area (TPSA) is 58.4 Å². The minimum absolute atomic E-state index is 0.0720. The first-order chi connectivity index (χ1) is 9.10. The molecule has 2 heterocycles. The zero-order chi connectivity index (χ0) is 13.8. The van der Waals surface area contributed by atoms with Crippen LogP contribution in [-0.2, 0) is 4.79 Å². The van der Waals surface area contributed by atoms with Crippen LogP contribution >= 0.6 is 11.3 Å². The molecule has 106 valence electrons. The number of piperidine rings is 1. The van der Waals surface area contributed by atoms with Crippen LogP contribution < -0.4 is 11.1 Å². The molecule has 1 unspecified atom stereocenters. The van der Waals surface area contributed by atoms with E-state index in [0.29, 0.717) is 18.6 Å². The largest absolute Gasteiger partial charge is 0.354 e. The maximum Gasteiger partial charge on any atom is 0.217 e. The molecule has 2 rings (SSSR count). The number of rotatable bonds is 4. The van der Waals surface area contributed by atoms with E-state index in [1.54, 1.807) is 6.92 Å². The van der Waals surface area contributed by atoms with Gasteiger partial charge < -0.3 is 11.1 Å². The quantitative estimate of drug-likeness (QED) is 0.882. The first-order valence-electron chi connectivity index (χ1n) is 6.87. The number of hydrogen-bond acceptors (Lipinski definition) is 4. The number of carbonyl (C=O) groups is 1. The van der Waals surface area contributed by atoms with Gasteiger partial charge in [-0.2, -0.15) is 0 Å². The van der Waals surface area contributed by atoms with Crippen molar-refractivity contribution in [2.75, 3.05) is 19.6 Å². The van der Waals surface area contributed by atoms with Crippen molar-refractivity contribution in [2.45, 2.75) is 38.8 Å². The number of hydrogen-bond donors (Lipinski definition) is 2. The SMILES string of the molecule is CC(=O)NC1CCN(C(CN)c2ccc(C)s2)CC1. The van der Waals surface area contributed by atoms with Crippen molar-refractivity contribution in [3.63, 3.8) is 0 Å². The molecule has 1 aliphatic heterocycles. The second kappa shape index (κ2) is 6.50. The number of thiophene rings is 1. The summed E-state index contributed by atoms with van der Waals surface area (Å²) in [5, 5.41) is 3.01. The van der Waals surface area contributed by atoms with Crippen molar-refractivity contribution in [1.29, 1.82) is 0 Å². The number of carbonyl (C=O) groups excluding carboxylic acids is 1. The molecule has 0 radical (unpaired) electrons. The highest BCUT2D eigenvalue weighted by molar-refractivity contribution is 7.12. The summed E-state index contributed by atoms with van der Waals surface area (Å²) in [6.45, 7) is 6.38. The third kappa shape index (κ3) is 3.78. The summed E-state index contributed by atoms with van der Waals surface area (Å²) < 4.78 is 0. The monoisotopic (exact) mass is 281 g/mol. The summed E-state index contributed by atoms with van der Waals surface area (Å²) in [6, 6.07) is 5.01. The van der Waals surface area contributed by atoms with Crippen LogP contribution in [0, 0.1) is 6.92 Å². The van der Waals surface area contributed by atoms with Gasteiger partial charge in [0.05, 0.1) is 6.04 Å². The summed E-state index contributed by atoms with van der Waals surface area (Å²) in [7, 11) is 0. The molecule has 1 fully saturated rings. The van der Waals surface area contributed by atoms with Crippen molar-refractivity contribution in [1.82, 2.24) is 10.2 Å². The lowest BCUT2D eigenvalue weighted by Crippen LogP contribution is -2.46. The Labute approximate surface area is 119 Å². The van der Waals surface area contributed by atoms with Gasteiger partial charge in [-0.05, 0) is 31.9 Å². The Morgan fingerprint density at radius 3 is 2.68 bits per heavy atom. The molecule has 3 N–H and O–H groups in total. The predicted molar refractivity (Wildman–Crippen MR) is 79.3 cm³/mol. The van der Waals surface area contributed by atoms with Crippen molar-refractivity contribution < 1.29 is 4.79 Å². The van der Waals surface area contributed by atoms with Crippen LogP contribution in [0.3, 0.4) is 0 Å². The first-order valence-corrected chi connectivity index (χ1v) is 7.69. The van der Waals surface area contributed by atoms with Gasteiger partial charge >= 0.3 is 0 Å². The Kier molecular flexibility index (Phi) is 4.96. The lowest BCUT2D eigenvalue weighted by Gasteiger charge is -2.36. The molecule has 0 saturated carbocycles. The Bertz CT molecular complexity index is 424. The Morgan fingerprint density at radius 1 is 1.53 bits per heavy atom. The van der Waals surface area contributed by atoms with E-state index in [1.807, 2.05) is 11.3 Å². The van der Waals surface area contributed by atoms with Gasteiger partial charge in [-0.15, -0.1) is 11.3 Å². The summed E-state index contributed by atoms with van der Waals surface area (Å²) >= 11 is 1.83. The minimum atomic E-state index is 0.0720. The molecule has 1 aromatic heterocycles. The van der Waals surface area contributed by atoms with E-state index in [4.69, 9.17) is 5.73 Å². The number of nitrogens with zero attached hydrogens (tertiary/aromatic N) is 1. The zero-order valence-corrected chi connectivity index (χ0v) is 12.5. The van der Waals surface area contributed by atoms with Crippen molar-refractivity contribution in [3.05, 3.63) is 21.9 Å². The summed E-state index contributed by atoms with van der Waals surface area (Å²) in [5.74, 6) is 0.0720. The zero-order valence-electron chi connectivity index (χ0n) is 11.7. The number of nitrogens with one attached hydrogen (secondary N) is 1. The van der Waals surface area contributed by atoms with E-state index in [9.17, 15) is 4.79 Å². The van der Waals surface area contributed by atoms with Crippen LogP contribution in [0.15, 0.2) is 12.1 Å². The van der Waals surface area contributed by atoms with E-state index in [0.717, 1.165) is 25.9 Å². The maximum atomic E-state index is 11.1. The Hall–Kier alpha value is -0.910. The molecule has 0 aliphatic carbocycles. The second-order valence-corrected chi connectivity index (χ2v) is 6.53. The fourth-order valence-corrected chi connectivity index (χ4v) is 3.75. The predicted octanol–water partition coefficient (Wildman–Crippen LogP) is 1.66. The van der Waals surface area contributed by atoms with E-state index < -0.39 is 0 Å². The van der Waals surface area contributed by atoms with Gasteiger partial charge in [0.2, 0.25) is 5.91 Å². The third-order valence-electron chi connectivity index (χ3n) is 3.69. The van der Waals surface area contributed by atoms with Gasteiger partial charge in [0.15, 0.2) is 0 Å². The average Bonchev–Trinajstić information content (AvgIpc) is 2.78. The van der Waals surface area contributed by atoms with Gasteiger partial charge in [-0.25, -0.2) is 0 Å². The number of aryl methyl sites for hydroxylation is 1. The third-order valence-corrected chi connectivity index (χ3v) is 4.79. The molecule has 1 aliphatic rings. The summed E-state index contributed by atoms with van der Waals surface area (Å²) in [6.07, 6.45) is 2.03. The van der Waals surface area contributed by atoms with Crippen LogP contribution in [0.2, 0.25) is 0 Å². The average molecular weight is 281 g/mol. The van der Waals surface area contributed by atoms with E-state index >= 15 is 0 Å². The highest BCUT2D eigenvalue weighted by Crippen LogP contribution is 2.29. The Balaban J connectivity index is 1.93. The number of amides is 1. The molecule has 1 aromatic rings. The van der Waals surface area contributed by atoms with E-state index in [1.165, 1.54) is 9.75 Å². The van der Waals surface area contributed by atoms with Gasteiger partial charge in [-0.1, -0.05) is 0 Å². The van der Waals surface area contributed by atoms with Gasteiger partial charge in [0.25, 0.3) is 0 Å². The Morgan fingerprint density at radius 2 is 2.21 bits per heavy atom. The maximum absolute atomic E-state index is 11.1. The molecule has 0 aromatic carbocycles. The molecular weight excluding hydrogens is 258 g/mol. The minimum Gasteiger partial charge on any atom is -0.354 e. The highest BCUT2D eigenvalue weighted by atomic mass is 32.1. The number of nitrogens with two attached hydrogens (primary N) is 1. The van der Waals surface area contributed by atoms with Crippen molar-refractivity contribution in [3.8, 4) is 0 Å². The normalized spacial score (nSPS) is 19.3. The smallest absolute Gasteiger partial charge is 0.217 e.